The van der Waals surface area contributed by atoms with E-state index in [1.807, 2.05) is 12.1 Å². The van der Waals surface area contributed by atoms with E-state index in [0.29, 0.717) is 11.4 Å². The number of hydrogen-bond acceptors (Lipinski definition) is 5. The zero-order chi connectivity index (χ0) is 14.8. The summed E-state index contributed by atoms with van der Waals surface area (Å²) in [7, 11) is 0. The molecule has 104 valence electrons. The highest BCUT2D eigenvalue weighted by Gasteiger charge is 2.25. The number of nitro benzene ring substituents is 1. The van der Waals surface area contributed by atoms with Gasteiger partial charge in [0.15, 0.2) is 5.71 Å². The van der Waals surface area contributed by atoms with Gasteiger partial charge in [-0.1, -0.05) is 18.2 Å². The number of non-ortho nitro benzene ring substituents is 1. The van der Waals surface area contributed by atoms with Crippen molar-refractivity contribution in [3.63, 3.8) is 0 Å². The molecule has 0 saturated carbocycles. The van der Waals surface area contributed by atoms with Crippen LogP contribution in [0.15, 0.2) is 53.6 Å². The fraction of sp³-hybridized carbons (Fsp3) is 0. The van der Waals surface area contributed by atoms with Crippen LogP contribution < -0.4 is 10.7 Å². The first-order valence-corrected chi connectivity index (χ1v) is 6.14. The van der Waals surface area contributed by atoms with E-state index in [-0.39, 0.29) is 17.3 Å². The molecule has 1 heterocycles. The van der Waals surface area contributed by atoms with Crippen LogP contribution in [0.3, 0.4) is 0 Å². The molecule has 21 heavy (non-hydrogen) atoms. The van der Waals surface area contributed by atoms with E-state index in [1.54, 1.807) is 12.1 Å². The van der Waals surface area contributed by atoms with Crippen molar-refractivity contribution in [2.24, 2.45) is 5.10 Å². The first kappa shape index (κ1) is 12.8. The maximum atomic E-state index is 11.8. The van der Waals surface area contributed by atoms with Crippen LogP contribution in [0.4, 0.5) is 17.1 Å². The molecule has 0 spiro atoms. The Balaban J connectivity index is 1.83. The maximum absolute atomic E-state index is 11.8. The van der Waals surface area contributed by atoms with E-state index in [4.69, 9.17) is 0 Å². The molecule has 0 aromatic heterocycles. The van der Waals surface area contributed by atoms with Crippen LogP contribution in [0.2, 0.25) is 0 Å². The summed E-state index contributed by atoms with van der Waals surface area (Å²) in [5.41, 5.74) is 5.00. The van der Waals surface area contributed by atoms with E-state index in [9.17, 15) is 14.9 Å². The minimum Gasteiger partial charge on any atom is -0.320 e. The van der Waals surface area contributed by atoms with Crippen LogP contribution in [0.5, 0.6) is 0 Å². The third-order valence-electron chi connectivity index (χ3n) is 3.02. The number of nitrogens with one attached hydrogen (secondary N) is 2. The zero-order valence-corrected chi connectivity index (χ0v) is 10.7. The lowest BCUT2D eigenvalue weighted by molar-refractivity contribution is -0.384. The average Bonchev–Trinajstić information content (AvgIpc) is 2.81. The number of para-hydroxylation sites is 1. The van der Waals surface area contributed by atoms with Gasteiger partial charge in [0.25, 0.3) is 11.6 Å². The summed E-state index contributed by atoms with van der Waals surface area (Å²) in [5, 5.41) is 17.3. The van der Waals surface area contributed by atoms with E-state index in [2.05, 4.69) is 15.8 Å². The molecular formula is C14H10N4O3. The Labute approximate surface area is 119 Å². The third kappa shape index (κ3) is 2.44. The highest BCUT2D eigenvalue weighted by Crippen LogP contribution is 2.23. The molecule has 7 heteroatoms. The summed E-state index contributed by atoms with van der Waals surface area (Å²) in [4.78, 5) is 21.9. The summed E-state index contributed by atoms with van der Waals surface area (Å²) in [6.07, 6.45) is 0. The van der Waals surface area contributed by atoms with Crippen LogP contribution in [0.25, 0.3) is 0 Å². The summed E-state index contributed by atoms with van der Waals surface area (Å²) in [5.74, 6) is -0.286. The number of carbonyl (C=O) groups is 1. The fourth-order valence-electron chi connectivity index (χ4n) is 1.99. The maximum Gasteiger partial charge on any atom is 0.276 e. The minimum absolute atomic E-state index is 0.00263. The van der Waals surface area contributed by atoms with Gasteiger partial charge in [-0.2, -0.15) is 5.10 Å². The van der Waals surface area contributed by atoms with Gasteiger partial charge < -0.3 is 5.32 Å². The second-order valence-electron chi connectivity index (χ2n) is 4.38. The van der Waals surface area contributed by atoms with Gasteiger partial charge in [0.05, 0.1) is 16.3 Å². The molecule has 0 unspecified atom stereocenters. The second-order valence-corrected chi connectivity index (χ2v) is 4.38. The Morgan fingerprint density at radius 3 is 2.52 bits per heavy atom. The Morgan fingerprint density at radius 1 is 1.10 bits per heavy atom. The number of amides is 1. The third-order valence-corrected chi connectivity index (χ3v) is 3.02. The first-order chi connectivity index (χ1) is 10.1. The van der Waals surface area contributed by atoms with Crippen LogP contribution in [0.1, 0.15) is 5.56 Å². The van der Waals surface area contributed by atoms with Crippen molar-refractivity contribution >= 4 is 28.7 Å². The predicted molar refractivity (Wildman–Crippen MR) is 78.3 cm³/mol. The lowest BCUT2D eigenvalue weighted by Gasteiger charge is -2.01. The van der Waals surface area contributed by atoms with Gasteiger partial charge in [0.1, 0.15) is 0 Å². The number of carbonyl (C=O) groups excluding carboxylic acids is 1. The Morgan fingerprint density at radius 2 is 1.81 bits per heavy atom. The van der Waals surface area contributed by atoms with Crippen molar-refractivity contribution in [2.45, 2.75) is 0 Å². The molecule has 0 bridgehead atoms. The second kappa shape index (κ2) is 5.04. The molecule has 3 rings (SSSR count). The number of nitrogens with zero attached hydrogens (tertiary/aromatic N) is 2. The zero-order valence-electron chi connectivity index (χ0n) is 10.7. The molecule has 0 radical (unpaired) electrons. The van der Waals surface area contributed by atoms with E-state index in [1.165, 1.54) is 24.3 Å². The number of rotatable bonds is 3. The van der Waals surface area contributed by atoms with Gasteiger partial charge in [-0.15, -0.1) is 0 Å². The van der Waals surface area contributed by atoms with Crippen molar-refractivity contribution in [2.75, 3.05) is 10.7 Å². The monoisotopic (exact) mass is 282 g/mol. The first-order valence-electron chi connectivity index (χ1n) is 6.14. The molecule has 2 N–H and O–H groups in total. The normalized spacial score (nSPS) is 14.7. The Kier molecular flexibility index (Phi) is 3.07. The number of benzene rings is 2. The van der Waals surface area contributed by atoms with Crippen molar-refractivity contribution in [3.8, 4) is 0 Å². The quantitative estimate of drug-likeness (QED) is 0.667. The van der Waals surface area contributed by atoms with Gasteiger partial charge >= 0.3 is 0 Å². The molecule has 1 amide bonds. The SMILES string of the molecule is O=C1Nc2ccccc2/C1=N/Nc1ccc([N+](=O)[O-])cc1. The van der Waals surface area contributed by atoms with Crippen LogP contribution in [0, 0.1) is 10.1 Å². The number of nitro groups is 1. The molecule has 2 aromatic rings. The molecule has 0 aliphatic carbocycles. The minimum atomic E-state index is -0.476. The largest absolute Gasteiger partial charge is 0.320 e. The smallest absolute Gasteiger partial charge is 0.276 e. The molecule has 1 aliphatic heterocycles. The Bertz CT molecular complexity index is 753. The highest BCUT2D eigenvalue weighted by atomic mass is 16.6. The molecule has 0 saturated heterocycles. The molecular weight excluding hydrogens is 272 g/mol. The predicted octanol–water partition coefficient (Wildman–Crippen LogP) is 2.36. The van der Waals surface area contributed by atoms with Gasteiger partial charge in [0.2, 0.25) is 0 Å². The van der Waals surface area contributed by atoms with E-state index < -0.39 is 4.92 Å². The fourth-order valence-corrected chi connectivity index (χ4v) is 1.99. The van der Waals surface area contributed by atoms with Crippen LogP contribution in [-0.4, -0.2) is 16.5 Å². The van der Waals surface area contributed by atoms with Crippen LogP contribution in [-0.2, 0) is 4.79 Å². The summed E-state index contributed by atoms with van der Waals surface area (Å²) in [6.45, 7) is 0. The standard InChI is InChI=1S/C14H10N4O3/c19-14-13(11-3-1-2-4-12(11)15-14)17-16-9-5-7-10(8-6-9)18(20)21/h1-8,16H,(H,15,17,19). The van der Waals surface area contributed by atoms with Crippen LogP contribution >= 0.6 is 0 Å². The van der Waals surface area contributed by atoms with Crippen molar-refractivity contribution in [3.05, 3.63) is 64.2 Å². The Hall–Kier alpha value is -3.22. The van der Waals surface area contributed by atoms with Gasteiger partial charge in [-0.3, -0.25) is 20.3 Å². The number of hydrogen-bond donors (Lipinski definition) is 2. The summed E-state index contributed by atoms with van der Waals surface area (Å²) < 4.78 is 0. The average molecular weight is 282 g/mol. The lowest BCUT2D eigenvalue weighted by Crippen LogP contribution is -2.15. The molecule has 0 fully saturated rings. The van der Waals surface area contributed by atoms with Crippen molar-refractivity contribution in [1.82, 2.24) is 0 Å². The molecule has 7 nitrogen and oxygen atoms in total. The van der Waals surface area contributed by atoms with E-state index >= 15 is 0 Å². The van der Waals surface area contributed by atoms with Gasteiger partial charge in [0, 0.05) is 17.7 Å². The lowest BCUT2D eigenvalue weighted by atomic mass is 10.1. The molecule has 1 aliphatic rings. The van der Waals surface area contributed by atoms with Crippen molar-refractivity contribution in [1.29, 1.82) is 0 Å². The van der Waals surface area contributed by atoms with Crippen molar-refractivity contribution < 1.29 is 9.72 Å². The van der Waals surface area contributed by atoms with Gasteiger partial charge in [-0.05, 0) is 18.2 Å². The summed E-state index contributed by atoms with van der Waals surface area (Å²) >= 11 is 0. The number of hydrazone groups is 1. The topological polar surface area (TPSA) is 96.6 Å². The summed E-state index contributed by atoms with van der Waals surface area (Å²) in [6, 6.07) is 13.0. The van der Waals surface area contributed by atoms with Gasteiger partial charge in [-0.25, -0.2) is 0 Å². The molecule has 2 aromatic carbocycles. The number of fused-ring (bicyclic) bond motifs is 1. The number of anilines is 2. The highest BCUT2D eigenvalue weighted by molar-refractivity contribution is 6.53. The molecule has 0 atom stereocenters. The van der Waals surface area contributed by atoms with E-state index in [0.717, 1.165) is 5.56 Å².